The lowest BCUT2D eigenvalue weighted by Gasteiger charge is -2.07. The van der Waals surface area contributed by atoms with Crippen LogP contribution in [0.1, 0.15) is 15.4 Å². The number of carbonyl (C=O) groups excluding carboxylic acids is 1. The lowest BCUT2D eigenvalue weighted by atomic mass is 10.2. The number of hydrogen-bond donors (Lipinski definition) is 1. The molecule has 0 radical (unpaired) electrons. The molecular formula is C17H11F3N2OS. The van der Waals surface area contributed by atoms with E-state index in [1.165, 1.54) is 0 Å². The molecule has 0 aliphatic carbocycles. The highest BCUT2D eigenvalue weighted by atomic mass is 32.1. The minimum absolute atomic E-state index is 0.154. The Morgan fingerprint density at radius 1 is 0.958 bits per heavy atom. The van der Waals surface area contributed by atoms with Crippen molar-refractivity contribution in [3.63, 3.8) is 0 Å². The zero-order valence-corrected chi connectivity index (χ0v) is 13.0. The van der Waals surface area contributed by atoms with Crippen molar-refractivity contribution in [1.29, 1.82) is 0 Å². The lowest BCUT2D eigenvalue weighted by molar-refractivity contribution is -0.140. The molecule has 24 heavy (non-hydrogen) atoms. The van der Waals surface area contributed by atoms with E-state index < -0.39 is 22.7 Å². The smallest absolute Gasteiger partial charge is 0.321 e. The number of rotatable bonds is 3. The summed E-state index contributed by atoms with van der Waals surface area (Å²) in [6.07, 6.45) is -4.70. The summed E-state index contributed by atoms with van der Waals surface area (Å²) in [7, 11) is 0. The van der Waals surface area contributed by atoms with E-state index in [9.17, 15) is 18.0 Å². The van der Waals surface area contributed by atoms with E-state index >= 15 is 0 Å². The lowest BCUT2D eigenvalue weighted by Crippen LogP contribution is -2.17. The molecule has 1 N–H and O–H groups in total. The van der Waals surface area contributed by atoms with Gasteiger partial charge in [-0.1, -0.05) is 48.5 Å². The predicted octanol–water partition coefficient (Wildman–Crippen LogP) is 5.08. The van der Waals surface area contributed by atoms with Gasteiger partial charge in [-0.15, -0.1) is 11.3 Å². The maximum Gasteiger partial charge on any atom is 0.435 e. The van der Waals surface area contributed by atoms with Crippen LogP contribution in [0.3, 0.4) is 0 Å². The fourth-order valence-corrected chi connectivity index (χ4v) is 3.07. The van der Waals surface area contributed by atoms with Crippen molar-refractivity contribution in [2.45, 2.75) is 6.18 Å². The van der Waals surface area contributed by atoms with Crippen LogP contribution in [0.4, 0.5) is 18.9 Å². The molecule has 7 heteroatoms. The molecule has 0 spiro atoms. The van der Waals surface area contributed by atoms with Gasteiger partial charge in [0, 0.05) is 11.3 Å². The molecule has 0 fully saturated rings. The van der Waals surface area contributed by atoms with E-state index in [4.69, 9.17) is 0 Å². The first kappa shape index (κ1) is 16.2. The monoisotopic (exact) mass is 348 g/mol. The average Bonchev–Trinajstić information content (AvgIpc) is 3.02. The molecule has 1 amide bonds. The van der Waals surface area contributed by atoms with Gasteiger partial charge in [0.2, 0.25) is 0 Å². The Bertz CT molecular complexity index is 845. The minimum Gasteiger partial charge on any atom is -0.321 e. The third-order valence-corrected chi connectivity index (χ3v) is 4.26. The summed E-state index contributed by atoms with van der Waals surface area (Å²) in [5, 5.41) is 2.62. The number of hydrogen-bond acceptors (Lipinski definition) is 3. The number of anilines is 1. The number of nitrogens with one attached hydrogen (secondary N) is 1. The minimum atomic E-state index is -4.70. The van der Waals surface area contributed by atoms with E-state index in [0.29, 0.717) is 11.3 Å². The van der Waals surface area contributed by atoms with Gasteiger partial charge in [-0.3, -0.25) is 4.79 Å². The van der Waals surface area contributed by atoms with Gasteiger partial charge in [0.1, 0.15) is 9.88 Å². The maximum absolute atomic E-state index is 13.2. The third kappa shape index (κ3) is 3.46. The summed E-state index contributed by atoms with van der Waals surface area (Å²) < 4.78 is 39.7. The summed E-state index contributed by atoms with van der Waals surface area (Å²) in [6.45, 7) is 0. The van der Waals surface area contributed by atoms with Crippen LogP contribution in [0.2, 0.25) is 0 Å². The van der Waals surface area contributed by atoms with Gasteiger partial charge in [0.05, 0.1) is 0 Å². The van der Waals surface area contributed by atoms with Gasteiger partial charge in [-0.2, -0.15) is 13.2 Å². The van der Waals surface area contributed by atoms with Gasteiger partial charge in [0.15, 0.2) is 5.69 Å². The van der Waals surface area contributed by atoms with Crippen LogP contribution in [-0.4, -0.2) is 10.9 Å². The largest absolute Gasteiger partial charge is 0.435 e. The normalized spacial score (nSPS) is 11.3. The van der Waals surface area contributed by atoms with Gasteiger partial charge in [-0.25, -0.2) is 4.98 Å². The first-order chi connectivity index (χ1) is 11.4. The molecule has 3 aromatic rings. The fraction of sp³-hybridized carbons (Fsp3) is 0.0588. The summed E-state index contributed by atoms with van der Waals surface area (Å²) in [6, 6.07) is 16.8. The Labute approximate surface area is 139 Å². The topological polar surface area (TPSA) is 42.0 Å². The number of nitrogens with zero attached hydrogens (tertiary/aromatic N) is 1. The molecule has 0 aliphatic rings. The van der Waals surface area contributed by atoms with Crippen molar-refractivity contribution in [2.75, 3.05) is 5.32 Å². The second kappa shape index (κ2) is 6.45. The van der Waals surface area contributed by atoms with Crippen molar-refractivity contribution in [3.05, 3.63) is 71.2 Å². The zero-order chi connectivity index (χ0) is 17.2. The highest BCUT2D eigenvalue weighted by molar-refractivity contribution is 7.17. The summed E-state index contributed by atoms with van der Waals surface area (Å²) in [5.41, 5.74) is -0.211. The number of halogens is 3. The zero-order valence-electron chi connectivity index (χ0n) is 12.2. The van der Waals surface area contributed by atoms with Crippen LogP contribution in [0.15, 0.2) is 60.7 Å². The molecule has 3 nitrogen and oxygen atoms in total. The number of aromatic nitrogens is 1. The SMILES string of the molecule is O=C(Nc1ccccc1)c1sc(-c2ccccc2)nc1C(F)(F)F. The number of carbonyl (C=O) groups is 1. The van der Waals surface area contributed by atoms with E-state index in [1.807, 2.05) is 0 Å². The molecule has 3 rings (SSSR count). The second-order valence-electron chi connectivity index (χ2n) is 4.88. The van der Waals surface area contributed by atoms with Crippen molar-refractivity contribution >= 4 is 22.9 Å². The molecule has 0 saturated heterocycles. The molecule has 0 atom stereocenters. The Balaban J connectivity index is 1.99. The van der Waals surface area contributed by atoms with Crippen molar-refractivity contribution < 1.29 is 18.0 Å². The van der Waals surface area contributed by atoms with Crippen LogP contribution >= 0.6 is 11.3 Å². The summed E-state index contributed by atoms with van der Waals surface area (Å²) in [4.78, 5) is 15.5. The standard InChI is InChI=1S/C17H11F3N2OS/c18-17(19,20)14-13(15(23)21-12-9-5-2-6-10-12)24-16(22-14)11-7-3-1-4-8-11/h1-10H,(H,21,23). The van der Waals surface area contributed by atoms with Gasteiger partial charge >= 0.3 is 6.18 Å². The van der Waals surface area contributed by atoms with Crippen molar-refractivity contribution in [1.82, 2.24) is 4.98 Å². The van der Waals surface area contributed by atoms with E-state index in [2.05, 4.69) is 10.3 Å². The Hall–Kier alpha value is -2.67. The molecule has 0 aliphatic heterocycles. The molecule has 1 heterocycles. The van der Waals surface area contributed by atoms with Crippen molar-refractivity contribution in [2.24, 2.45) is 0 Å². The first-order valence-electron chi connectivity index (χ1n) is 6.95. The number of para-hydroxylation sites is 1. The molecule has 122 valence electrons. The quantitative estimate of drug-likeness (QED) is 0.717. The number of alkyl halides is 3. The highest BCUT2D eigenvalue weighted by Crippen LogP contribution is 2.38. The van der Waals surface area contributed by atoms with Crippen LogP contribution < -0.4 is 5.32 Å². The van der Waals surface area contributed by atoms with Crippen LogP contribution in [-0.2, 0) is 6.18 Å². The molecule has 0 unspecified atom stereocenters. The van der Waals surface area contributed by atoms with Gasteiger partial charge in [0.25, 0.3) is 5.91 Å². The maximum atomic E-state index is 13.2. The molecule has 0 bridgehead atoms. The summed E-state index contributed by atoms with van der Waals surface area (Å²) in [5.74, 6) is -0.826. The van der Waals surface area contributed by atoms with Crippen LogP contribution in [0.5, 0.6) is 0 Å². The number of thiazole rings is 1. The first-order valence-corrected chi connectivity index (χ1v) is 7.76. The number of benzene rings is 2. The van der Waals surface area contributed by atoms with Crippen LogP contribution in [0.25, 0.3) is 10.6 Å². The molecule has 0 saturated carbocycles. The van der Waals surface area contributed by atoms with E-state index in [1.54, 1.807) is 60.7 Å². The second-order valence-corrected chi connectivity index (χ2v) is 5.88. The predicted molar refractivity (Wildman–Crippen MR) is 86.9 cm³/mol. The molecule has 2 aromatic carbocycles. The Morgan fingerprint density at radius 3 is 2.12 bits per heavy atom. The molecular weight excluding hydrogens is 337 g/mol. The van der Waals surface area contributed by atoms with Gasteiger partial charge in [-0.05, 0) is 12.1 Å². The van der Waals surface area contributed by atoms with E-state index in [0.717, 1.165) is 11.3 Å². The fourth-order valence-electron chi connectivity index (χ4n) is 2.08. The van der Waals surface area contributed by atoms with E-state index in [-0.39, 0.29) is 5.01 Å². The van der Waals surface area contributed by atoms with Gasteiger partial charge < -0.3 is 5.32 Å². The highest BCUT2D eigenvalue weighted by Gasteiger charge is 2.39. The average molecular weight is 348 g/mol. The van der Waals surface area contributed by atoms with Crippen LogP contribution in [0, 0.1) is 0 Å². The Kier molecular flexibility index (Phi) is 4.35. The molecule has 1 aromatic heterocycles. The summed E-state index contributed by atoms with van der Waals surface area (Å²) >= 11 is 0.724. The third-order valence-electron chi connectivity index (χ3n) is 3.15. The van der Waals surface area contributed by atoms with Crippen molar-refractivity contribution in [3.8, 4) is 10.6 Å². The number of amides is 1. The Morgan fingerprint density at radius 2 is 1.54 bits per heavy atom.